The van der Waals surface area contributed by atoms with Crippen LogP contribution in [0, 0.1) is 5.82 Å². The number of carbonyl (C=O) groups is 3. The van der Waals surface area contributed by atoms with Crippen molar-refractivity contribution in [2.24, 2.45) is 10.8 Å². The van der Waals surface area contributed by atoms with Gasteiger partial charge in [-0.15, -0.1) is 0 Å². The minimum Gasteiger partial charge on any atom is -0.368 e. The van der Waals surface area contributed by atoms with E-state index in [1.54, 1.807) is 24.3 Å². The maximum atomic E-state index is 13.1. The third-order valence-corrected chi connectivity index (χ3v) is 4.38. The number of nitrogens with zero attached hydrogens (tertiary/aromatic N) is 2. The van der Waals surface area contributed by atoms with Gasteiger partial charge in [0.15, 0.2) is 0 Å². The zero-order chi connectivity index (χ0) is 21.0. The third kappa shape index (κ3) is 5.08. The SMILES string of the molecule is NC(=O)C1CC(C(=O)NCC(=O)Nc2ccc(Cl)cc2)=NN1c1ccc(F)cc1. The summed E-state index contributed by atoms with van der Waals surface area (Å²) in [5.41, 5.74) is 6.39. The number of rotatable bonds is 6. The smallest absolute Gasteiger partial charge is 0.268 e. The molecule has 8 nitrogen and oxygen atoms in total. The van der Waals surface area contributed by atoms with Crippen LogP contribution in [-0.2, 0) is 14.4 Å². The molecule has 3 amide bonds. The largest absolute Gasteiger partial charge is 0.368 e. The van der Waals surface area contributed by atoms with Crippen LogP contribution in [0.4, 0.5) is 15.8 Å². The molecule has 4 N–H and O–H groups in total. The van der Waals surface area contributed by atoms with Crippen molar-refractivity contribution in [1.29, 1.82) is 0 Å². The lowest BCUT2D eigenvalue weighted by atomic mass is 10.1. The van der Waals surface area contributed by atoms with E-state index in [0.29, 0.717) is 16.4 Å². The van der Waals surface area contributed by atoms with E-state index in [4.69, 9.17) is 17.3 Å². The number of nitrogens with two attached hydrogens (primary N) is 1. The first-order valence-corrected chi connectivity index (χ1v) is 8.96. The van der Waals surface area contributed by atoms with E-state index in [9.17, 15) is 18.8 Å². The molecule has 0 bridgehead atoms. The Morgan fingerprint density at radius 3 is 2.41 bits per heavy atom. The molecule has 0 saturated heterocycles. The van der Waals surface area contributed by atoms with Gasteiger partial charge in [0.25, 0.3) is 5.91 Å². The molecule has 2 aromatic rings. The maximum absolute atomic E-state index is 13.1. The highest BCUT2D eigenvalue weighted by Crippen LogP contribution is 2.24. The fourth-order valence-electron chi connectivity index (χ4n) is 2.70. The lowest BCUT2D eigenvalue weighted by molar-refractivity contribution is -0.120. The number of primary amides is 1. The highest BCUT2D eigenvalue weighted by Gasteiger charge is 2.35. The van der Waals surface area contributed by atoms with Crippen molar-refractivity contribution >= 4 is 46.4 Å². The Kier molecular flexibility index (Phi) is 6.08. The van der Waals surface area contributed by atoms with E-state index < -0.39 is 29.6 Å². The van der Waals surface area contributed by atoms with E-state index in [1.807, 2.05) is 0 Å². The Hall–Kier alpha value is -3.46. The van der Waals surface area contributed by atoms with E-state index in [2.05, 4.69) is 15.7 Å². The van der Waals surface area contributed by atoms with Gasteiger partial charge in [-0.05, 0) is 48.5 Å². The van der Waals surface area contributed by atoms with Gasteiger partial charge in [0.1, 0.15) is 17.6 Å². The summed E-state index contributed by atoms with van der Waals surface area (Å²) in [5.74, 6) is -2.17. The molecule has 0 aliphatic carbocycles. The predicted molar refractivity (Wildman–Crippen MR) is 107 cm³/mol. The molecule has 0 aromatic heterocycles. The average Bonchev–Trinajstić information content (AvgIpc) is 3.14. The van der Waals surface area contributed by atoms with Crippen LogP contribution >= 0.6 is 11.6 Å². The van der Waals surface area contributed by atoms with Crippen LogP contribution in [0.3, 0.4) is 0 Å². The highest BCUT2D eigenvalue weighted by atomic mass is 35.5. The zero-order valence-electron chi connectivity index (χ0n) is 15.1. The van der Waals surface area contributed by atoms with E-state index in [1.165, 1.54) is 29.3 Å². The van der Waals surface area contributed by atoms with Gasteiger partial charge in [-0.2, -0.15) is 5.10 Å². The van der Waals surface area contributed by atoms with E-state index in [0.717, 1.165) is 0 Å². The molecule has 1 atom stereocenters. The fraction of sp³-hybridized carbons (Fsp3) is 0.158. The number of carbonyl (C=O) groups excluding carboxylic acids is 3. The molecule has 0 saturated carbocycles. The average molecular weight is 418 g/mol. The predicted octanol–water partition coefficient (Wildman–Crippen LogP) is 1.65. The van der Waals surface area contributed by atoms with Crippen molar-refractivity contribution in [3.8, 4) is 0 Å². The molecule has 1 heterocycles. The van der Waals surface area contributed by atoms with Crippen molar-refractivity contribution in [1.82, 2.24) is 5.32 Å². The second-order valence-electron chi connectivity index (χ2n) is 6.23. The minimum atomic E-state index is -0.885. The minimum absolute atomic E-state index is 0.0304. The van der Waals surface area contributed by atoms with Crippen molar-refractivity contribution in [2.75, 3.05) is 16.9 Å². The maximum Gasteiger partial charge on any atom is 0.268 e. The molecular weight excluding hydrogens is 401 g/mol. The van der Waals surface area contributed by atoms with Crippen LogP contribution in [0.2, 0.25) is 5.02 Å². The molecule has 2 aromatic carbocycles. The van der Waals surface area contributed by atoms with Crippen LogP contribution < -0.4 is 21.4 Å². The Balaban J connectivity index is 1.62. The van der Waals surface area contributed by atoms with Gasteiger partial charge in [-0.3, -0.25) is 19.4 Å². The van der Waals surface area contributed by atoms with Crippen molar-refractivity contribution in [3.63, 3.8) is 0 Å². The molecule has 29 heavy (non-hydrogen) atoms. The lowest BCUT2D eigenvalue weighted by Crippen LogP contribution is -2.40. The quantitative estimate of drug-likeness (QED) is 0.662. The van der Waals surface area contributed by atoms with E-state index >= 15 is 0 Å². The molecular formula is C19H17ClFN5O3. The van der Waals surface area contributed by atoms with Crippen LogP contribution in [0.5, 0.6) is 0 Å². The van der Waals surface area contributed by atoms with Gasteiger partial charge in [0, 0.05) is 17.1 Å². The topological polar surface area (TPSA) is 117 Å². The summed E-state index contributed by atoms with van der Waals surface area (Å²) in [5, 5.41) is 11.0. The number of hydrogen-bond acceptors (Lipinski definition) is 5. The second kappa shape index (κ2) is 8.70. The summed E-state index contributed by atoms with van der Waals surface area (Å²) in [6.45, 7) is -0.293. The standard InChI is InChI=1S/C19H17ClFN5O3/c20-11-1-5-13(6-2-11)24-17(27)10-23-19(29)15-9-16(18(22)28)26(25-15)14-7-3-12(21)4-8-14/h1-8,16H,9-10H2,(H2,22,28)(H,23,29)(H,24,27). The molecule has 3 rings (SSSR count). The van der Waals surface area contributed by atoms with Crippen LogP contribution in [0.25, 0.3) is 0 Å². The summed E-state index contributed by atoms with van der Waals surface area (Å²) in [6.07, 6.45) is -0.0304. The number of hydrogen-bond donors (Lipinski definition) is 3. The molecule has 1 aliphatic heterocycles. The molecule has 0 fully saturated rings. The first-order chi connectivity index (χ1) is 13.8. The molecule has 150 valence electrons. The Morgan fingerprint density at radius 1 is 1.14 bits per heavy atom. The number of benzene rings is 2. The number of halogens is 2. The molecule has 0 spiro atoms. The van der Waals surface area contributed by atoms with Gasteiger partial charge < -0.3 is 16.4 Å². The Labute approximate surface area is 170 Å². The monoisotopic (exact) mass is 417 g/mol. The number of anilines is 2. The zero-order valence-corrected chi connectivity index (χ0v) is 15.8. The van der Waals surface area contributed by atoms with Crippen molar-refractivity contribution in [2.45, 2.75) is 12.5 Å². The summed E-state index contributed by atoms with van der Waals surface area (Å²) in [6, 6.07) is 10.9. The molecule has 0 radical (unpaired) electrons. The van der Waals surface area contributed by atoms with Crippen LogP contribution in [0.1, 0.15) is 6.42 Å². The van der Waals surface area contributed by atoms with Gasteiger partial charge in [-0.1, -0.05) is 11.6 Å². The summed E-state index contributed by atoms with van der Waals surface area (Å²) in [4.78, 5) is 36.1. The first kappa shape index (κ1) is 20.3. The summed E-state index contributed by atoms with van der Waals surface area (Å²) >= 11 is 5.78. The Bertz CT molecular complexity index is 963. The number of amides is 3. The summed E-state index contributed by atoms with van der Waals surface area (Å²) in [7, 11) is 0. The lowest BCUT2D eigenvalue weighted by Gasteiger charge is -2.20. The third-order valence-electron chi connectivity index (χ3n) is 4.13. The normalized spacial score (nSPS) is 15.6. The molecule has 1 aliphatic rings. The van der Waals surface area contributed by atoms with Crippen LogP contribution in [-0.4, -0.2) is 36.0 Å². The number of nitrogens with one attached hydrogen (secondary N) is 2. The first-order valence-electron chi connectivity index (χ1n) is 8.58. The molecule has 10 heteroatoms. The van der Waals surface area contributed by atoms with Gasteiger partial charge >= 0.3 is 0 Å². The highest BCUT2D eigenvalue weighted by molar-refractivity contribution is 6.40. The van der Waals surface area contributed by atoms with Gasteiger partial charge in [0.05, 0.1) is 12.2 Å². The fourth-order valence-corrected chi connectivity index (χ4v) is 2.83. The molecule has 1 unspecified atom stereocenters. The van der Waals surface area contributed by atoms with Crippen LogP contribution in [0.15, 0.2) is 53.6 Å². The Morgan fingerprint density at radius 2 is 1.79 bits per heavy atom. The summed E-state index contributed by atoms with van der Waals surface area (Å²) < 4.78 is 13.1. The second-order valence-corrected chi connectivity index (χ2v) is 6.66. The van der Waals surface area contributed by atoms with Crippen molar-refractivity contribution in [3.05, 3.63) is 59.4 Å². The van der Waals surface area contributed by atoms with Gasteiger partial charge in [0.2, 0.25) is 11.8 Å². The van der Waals surface area contributed by atoms with Gasteiger partial charge in [-0.25, -0.2) is 4.39 Å². The number of hydrazone groups is 1. The van der Waals surface area contributed by atoms with E-state index in [-0.39, 0.29) is 18.7 Å². The van der Waals surface area contributed by atoms with Crippen molar-refractivity contribution < 1.29 is 18.8 Å².